The number of nitrogens with zero attached hydrogens (tertiary/aromatic N) is 1. The summed E-state index contributed by atoms with van der Waals surface area (Å²) in [6.45, 7) is 9.40. The Hall–Kier alpha value is -6.44. The number of benzene rings is 8. The quantitative estimate of drug-likeness (QED) is 0.172. The van der Waals surface area contributed by atoms with E-state index in [1.54, 1.807) is 0 Å². The fourth-order valence-electron chi connectivity index (χ4n) is 9.89. The van der Waals surface area contributed by atoms with E-state index in [9.17, 15) is 0 Å². The largest absolute Gasteiger partial charge is 0.309 e. The molecule has 55 heavy (non-hydrogen) atoms. The number of hydrogen-bond donors (Lipinski definition) is 0. The van der Waals surface area contributed by atoms with Crippen molar-refractivity contribution in [3.05, 3.63) is 198 Å². The van der Waals surface area contributed by atoms with Gasteiger partial charge < -0.3 is 4.57 Å². The molecule has 0 saturated heterocycles. The van der Waals surface area contributed by atoms with Gasteiger partial charge >= 0.3 is 0 Å². The van der Waals surface area contributed by atoms with Crippen LogP contribution in [0.25, 0.3) is 83.1 Å². The molecule has 2 aliphatic carbocycles. The summed E-state index contributed by atoms with van der Waals surface area (Å²) in [6, 6.07) is 65.8. The molecule has 262 valence electrons. The van der Waals surface area contributed by atoms with Crippen LogP contribution in [-0.4, -0.2) is 4.57 Å². The molecule has 0 unspecified atom stereocenters. The third-order valence-corrected chi connectivity index (χ3v) is 12.8. The van der Waals surface area contributed by atoms with Gasteiger partial charge in [-0.1, -0.05) is 167 Å². The molecule has 11 rings (SSSR count). The lowest BCUT2D eigenvalue weighted by Gasteiger charge is -2.21. The van der Waals surface area contributed by atoms with E-state index in [0.717, 1.165) is 5.69 Å². The van der Waals surface area contributed by atoms with E-state index >= 15 is 0 Å². The highest BCUT2D eigenvalue weighted by Gasteiger charge is 2.36. The van der Waals surface area contributed by atoms with Gasteiger partial charge in [0.05, 0.1) is 11.0 Å². The molecule has 1 heterocycles. The van der Waals surface area contributed by atoms with Crippen molar-refractivity contribution >= 4 is 21.8 Å². The smallest absolute Gasteiger partial charge is 0.0547 e. The van der Waals surface area contributed by atoms with Crippen LogP contribution in [0.4, 0.5) is 0 Å². The first-order valence-electron chi connectivity index (χ1n) is 19.5. The lowest BCUT2D eigenvalue weighted by atomic mass is 9.82. The van der Waals surface area contributed by atoms with Gasteiger partial charge in [-0.25, -0.2) is 0 Å². The van der Waals surface area contributed by atoms with E-state index in [-0.39, 0.29) is 10.8 Å². The second kappa shape index (κ2) is 11.5. The normalized spacial score (nSPS) is 14.5. The maximum absolute atomic E-state index is 2.48. The predicted molar refractivity (Wildman–Crippen MR) is 232 cm³/mol. The molecular weight excluding hydrogens is 663 g/mol. The van der Waals surface area contributed by atoms with Crippen molar-refractivity contribution in [3.8, 4) is 61.3 Å². The molecule has 1 nitrogen and oxygen atoms in total. The van der Waals surface area contributed by atoms with E-state index < -0.39 is 0 Å². The van der Waals surface area contributed by atoms with Crippen LogP contribution in [-0.2, 0) is 10.8 Å². The van der Waals surface area contributed by atoms with Crippen molar-refractivity contribution in [2.45, 2.75) is 38.5 Å². The van der Waals surface area contributed by atoms with Crippen molar-refractivity contribution in [2.75, 3.05) is 0 Å². The highest BCUT2D eigenvalue weighted by Crippen LogP contribution is 2.51. The monoisotopic (exact) mass is 703 g/mol. The number of fused-ring (bicyclic) bond motifs is 9. The summed E-state index contributed by atoms with van der Waals surface area (Å²) in [5.74, 6) is 0. The zero-order valence-corrected chi connectivity index (χ0v) is 31.7. The van der Waals surface area contributed by atoms with Gasteiger partial charge in [-0.2, -0.15) is 0 Å². The van der Waals surface area contributed by atoms with Gasteiger partial charge in [-0.3, -0.25) is 0 Å². The van der Waals surface area contributed by atoms with Gasteiger partial charge in [-0.05, 0) is 114 Å². The lowest BCUT2D eigenvalue weighted by Crippen LogP contribution is -2.14. The minimum Gasteiger partial charge on any atom is -0.309 e. The van der Waals surface area contributed by atoms with E-state index in [4.69, 9.17) is 0 Å². The minimum absolute atomic E-state index is 0.0110. The molecule has 0 bridgehead atoms. The van der Waals surface area contributed by atoms with E-state index in [2.05, 4.69) is 208 Å². The van der Waals surface area contributed by atoms with Gasteiger partial charge in [0.25, 0.3) is 0 Å². The molecule has 0 radical (unpaired) electrons. The summed E-state index contributed by atoms with van der Waals surface area (Å²) in [5, 5.41) is 2.52. The predicted octanol–water partition coefficient (Wildman–Crippen LogP) is 14.4. The molecule has 1 heteroatoms. The summed E-state index contributed by atoms with van der Waals surface area (Å²) in [7, 11) is 0. The van der Waals surface area contributed by atoms with Crippen LogP contribution in [0.15, 0.2) is 176 Å². The fraction of sp³-hybridized carbons (Fsp3) is 0.111. The molecule has 0 spiro atoms. The van der Waals surface area contributed by atoms with Crippen molar-refractivity contribution < 1.29 is 0 Å². The Morgan fingerprint density at radius 2 is 0.691 bits per heavy atom. The Balaban J connectivity index is 1.10. The highest BCUT2D eigenvalue weighted by molar-refractivity contribution is 6.11. The van der Waals surface area contributed by atoms with Gasteiger partial charge in [0.2, 0.25) is 0 Å². The Morgan fingerprint density at radius 1 is 0.309 bits per heavy atom. The van der Waals surface area contributed by atoms with Crippen molar-refractivity contribution in [2.24, 2.45) is 0 Å². The van der Waals surface area contributed by atoms with Crippen LogP contribution >= 0.6 is 0 Å². The van der Waals surface area contributed by atoms with Gasteiger partial charge in [0, 0.05) is 27.3 Å². The topological polar surface area (TPSA) is 4.93 Å². The second-order valence-electron chi connectivity index (χ2n) is 16.6. The summed E-state index contributed by atoms with van der Waals surface area (Å²) in [6.07, 6.45) is 0. The van der Waals surface area contributed by atoms with Crippen LogP contribution in [0.2, 0.25) is 0 Å². The minimum atomic E-state index is -0.0110. The summed E-state index contributed by atoms with van der Waals surface area (Å²) in [4.78, 5) is 0. The standard InChI is InChI=1S/C54H41N/c1-53(2)47-16-10-8-14-41(47)45-30-36(22-28-49(45)53)38-20-26-43-44-27-21-39(37-23-29-50-46(31-37)42-15-9-11-17-48(42)54(50,3)4)33-52(44)55(51(43)32-38)40-24-18-35(19-25-40)34-12-6-5-7-13-34/h5-33H,1-4H3. The lowest BCUT2D eigenvalue weighted by molar-refractivity contribution is 0.660. The van der Waals surface area contributed by atoms with Crippen LogP contribution in [0.3, 0.4) is 0 Å². The average molecular weight is 704 g/mol. The maximum atomic E-state index is 2.48. The summed E-state index contributed by atoms with van der Waals surface area (Å²) >= 11 is 0. The Morgan fingerprint density at radius 3 is 1.20 bits per heavy atom. The average Bonchev–Trinajstić information content (AvgIpc) is 3.77. The van der Waals surface area contributed by atoms with Gasteiger partial charge in [0.15, 0.2) is 0 Å². The van der Waals surface area contributed by atoms with E-state index in [1.165, 1.54) is 99.7 Å². The molecule has 0 fully saturated rings. The van der Waals surface area contributed by atoms with Crippen molar-refractivity contribution in [3.63, 3.8) is 0 Å². The van der Waals surface area contributed by atoms with E-state index in [0.29, 0.717) is 0 Å². The maximum Gasteiger partial charge on any atom is 0.0547 e. The Bertz CT molecular complexity index is 2840. The molecular formula is C54H41N. The van der Waals surface area contributed by atoms with Crippen LogP contribution in [0, 0.1) is 0 Å². The fourth-order valence-corrected chi connectivity index (χ4v) is 9.89. The number of hydrogen-bond acceptors (Lipinski definition) is 0. The third kappa shape index (κ3) is 4.66. The zero-order chi connectivity index (χ0) is 37.1. The SMILES string of the molecule is CC1(C)c2ccccc2-c2cc(-c3ccc4c5ccc(-c6ccc7c(c6)-c6ccccc6C7(C)C)cc5n(-c5ccc(-c6ccccc6)cc5)c4c3)ccc21. The summed E-state index contributed by atoms with van der Waals surface area (Å²) in [5.41, 5.74) is 21.9. The number of rotatable bonds is 4. The molecule has 0 saturated carbocycles. The van der Waals surface area contributed by atoms with E-state index in [1.807, 2.05) is 0 Å². The highest BCUT2D eigenvalue weighted by atomic mass is 15.0. The molecule has 0 atom stereocenters. The molecule has 1 aromatic heterocycles. The Kier molecular flexibility index (Phi) is 6.72. The molecule has 0 aliphatic heterocycles. The number of aromatic nitrogens is 1. The zero-order valence-electron chi connectivity index (χ0n) is 31.7. The third-order valence-electron chi connectivity index (χ3n) is 12.8. The van der Waals surface area contributed by atoms with Crippen molar-refractivity contribution in [1.29, 1.82) is 0 Å². The molecule has 2 aliphatic rings. The van der Waals surface area contributed by atoms with Gasteiger partial charge in [0.1, 0.15) is 0 Å². The molecule has 0 amide bonds. The molecule has 8 aromatic carbocycles. The molecule has 9 aromatic rings. The van der Waals surface area contributed by atoms with Gasteiger partial charge in [-0.15, -0.1) is 0 Å². The molecule has 0 N–H and O–H groups in total. The van der Waals surface area contributed by atoms with Crippen molar-refractivity contribution in [1.82, 2.24) is 4.57 Å². The first-order chi connectivity index (χ1) is 26.8. The van der Waals surface area contributed by atoms with Crippen LogP contribution in [0.5, 0.6) is 0 Å². The van der Waals surface area contributed by atoms with Crippen LogP contribution < -0.4 is 0 Å². The first kappa shape index (κ1) is 32.0. The first-order valence-corrected chi connectivity index (χ1v) is 19.5. The Labute approximate surface area is 323 Å². The second-order valence-corrected chi connectivity index (χ2v) is 16.6. The van der Waals surface area contributed by atoms with Crippen LogP contribution in [0.1, 0.15) is 49.9 Å². The summed E-state index contributed by atoms with van der Waals surface area (Å²) < 4.78 is 2.48.